The number of anilines is 1. The number of nitrogens with one attached hydrogen (secondary N) is 1. The van der Waals surface area contributed by atoms with Crippen LogP contribution in [0.1, 0.15) is 56.4 Å². The van der Waals surface area contributed by atoms with Crippen LogP contribution in [0.5, 0.6) is 5.75 Å². The minimum atomic E-state index is -0.214. The fourth-order valence-corrected chi connectivity index (χ4v) is 5.45. The number of nitrogen functional groups attached to an aromatic ring is 1. The molecule has 9 nitrogen and oxygen atoms in total. The summed E-state index contributed by atoms with van der Waals surface area (Å²) >= 11 is 0. The Balaban J connectivity index is 1.21. The second kappa shape index (κ2) is 8.55. The Morgan fingerprint density at radius 1 is 1.26 bits per heavy atom. The zero-order valence-corrected chi connectivity index (χ0v) is 20.0. The molecule has 1 saturated heterocycles. The van der Waals surface area contributed by atoms with Crippen molar-refractivity contribution in [2.75, 3.05) is 18.8 Å². The molecule has 0 aromatic carbocycles. The highest BCUT2D eigenvalue weighted by atomic mass is 16.5. The summed E-state index contributed by atoms with van der Waals surface area (Å²) in [6.45, 7) is 4.35. The average molecular weight is 474 g/mol. The first-order valence-corrected chi connectivity index (χ1v) is 12.5. The Labute approximate surface area is 204 Å². The van der Waals surface area contributed by atoms with Crippen molar-refractivity contribution in [2.45, 2.75) is 63.1 Å². The molecule has 35 heavy (non-hydrogen) atoms. The largest absolute Gasteiger partial charge is 0.482 e. The van der Waals surface area contributed by atoms with E-state index in [4.69, 9.17) is 15.6 Å². The Bertz CT molecular complexity index is 1240. The van der Waals surface area contributed by atoms with E-state index in [2.05, 4.69) is 26.0 Å². The third-order valence-electron chi connectivity index (χ3n) is 7.83. The van der Waals surface area contributed by atoms with Crippen molar-refractivity contribution in [1.82, 2.24) is 30.0 Å². The standard InChI is InChI=1S/C26H31N7O2/c1-17(18-4-3-9-28-14-18)35-22-12-19(15-29-24(22)27)21-13-23-26(8-11-33(23)31-21)7-10-32(16-26)25(34)30-20-5-2-6-20/h3-4,9,12-15,17,20H,2,5-8,10-11,16H2,1H3,(H2,27,29)(H,30,34)/t17-,26?/m1/s1. The second-order valence-electron chi connectivity index (χ2n) is 10.1. The molecule has 3 aromatic heterocycles. The van der Waals surface area contributed by atoms with E-state index in [1.54, 1.807) is 18.6 Å². The lowest BCUT2D eigenvalue weighted by atomic mass is 9.82. The number of amides is 2. The zero-order valence-electron chi connectivity index (χ0n) is 20.0. The number of carbonyl (C=O) groups is 1. The van der Waals surface area contributed by atoms with E-state index >= 15 is 0 Å². The molecular weight excluding hydrogens is 442 g/mol. The number of rotatable bonds is 5. The van der Waals surface area contributed by atoms with Gasteiger partial charge in [0, 0.05) is 66.5 Å². The van der Waals surface area contributed by atoms with Gasteiger partial charge in [-0.3, -0.25) is 9.67 Å². The Morgan fingerprint density at radius 3 is 2.89 bits per heavy atom. The van der Waals surface area contributed by atoms with Crippen LogP contribution in [0.4, 0.5) is 10.6 Å². The number of hydrogen-bond donors (Lipinski definition) is 2. The molecule has 3 aromatic rings. The lowest BCUT2D eigenvalue weighted by molar-refractivity contribution is 0.193. The highest BCUT2D eigenvalue weighted by molar-refractivity contribution is 5.75. The lowest BCUT2D eigenvalue weighted by Gasteiger charge is -2.30. The number of hydrogen-bond acceptors (Lipinski definition) is 6. The lowest BCUT2D eigenvalue weighted by Crippen LogP contribution is -2.47. The third-order valence-corrected chi connectivity index (χ3v) is 7.83. The van der Waals surface area contributed by atoms with Crippen LogP contribution in [0, 0.1) is 0 Å². The Kier molecular flexibility index (Phi) is 5.35. The quantitative estimate of drug-likeness (QED) is 0.585. The molecule has 9 heteroatoms. The van der Waals surface area contributed by atoms with Gasteiger partial charge in [0.25, 0.3) is 0 Å². The van der Waals surface area contributed by atoms with Crippen molar-refractivity contribution in [3.05, 3.63) is 54.1 Å². The normalized spacial score (nSPS) is 22.1. The number of aromatic nitrogens is 4. The molecule has 2 fully saturated rings. The van der Waals surface area contributed by atoms with Crippen LogP contribution < -0.4 is 15.8 Å². The molecule has 0 bridgehead atoms. The highest BCUT2D eigenvalue weighted by Gasteiger charge is 2.47. The number of fused-ring (bicyclic) bond motifs is 2. The van der Waals surface area contributed by atoms with E-state index in [1.165, 1.54) is 12.1 Å². The predicted octanol–water partition coefficient (Wildman–Crippen LogP) is 3.67. The van der Waals surface area contributed by atoms with Gasteiger partial charge in [0.2, 0.25) is 0 Å². The first-order valence-electron chi connectivity index (χ1n) is 12.5. The molecule has 1 aliphatic carbocycles. The Hall–Kier alpha value is -3.62. The van der Waals surface area contributed by atoms with E-state index in [9.17, 15) is 4.79 Å². The minimum Gasteiger partial charge on any atom is -0.482 e. The van der Waals surface area contributed by atoms with Crippen LogP contribution in [0.15, 0.2) is 42.9 Å². The first-order chi connectivity index (χ1) is 17.0. The van der Waals surface area contributed by atoms with Gasteiger partial charge in [-0.15, -0.1) is 0 Å². The number of likely N-dealkylation sites (tertiary alicyclic amines) is 1. The average Bonchev–Trinajstić information content (AvgIpc) is 3.55. The number of pyridine rings is 2. The van der Waals surface area contributed by atoms with Gasteiger partial charge in [0.1, 0.15) is 6.10 Å². The van der Waals surface area contributed by atoms with Crippen LogP contribution >= 0.6 is 0 Å². The van der Waals surface area contributed by atoms with Crippen molar-refractivity contribution >= 4 is 11.8 Å². The molecule has 3 N–H and O–H groups in total. The molecule has 182 valence electrons. The summed E-state index contributed by atoms with van der Waals surface area (Å²) in [5.74, 6) is 0.873. The van der Waals surface area contributed by atoms with E-state index in [1.807, 2.05) is 30.0 Å². The molecule has 2 aliphatic heterocycles. The molecule has 0 radical (unpaired) electrons. The molecule has 1 spiro atoms. The minimum absolute atomic E-state index is 0.0302. The number of aryl methyl sites for hydroxylation is 1. The summed E-state index contributed by atoms with van der Waals surface area (Å²) in [7, 11) is 0. The second-order valence-corrected chi connectivity index (χ2v) is 10.1. The Morgan fingerprint density at radius 2 is 2.11 bits per heavy atom. The maximum absolute atomic E-state index is 12.7. The van der Waals surface area contributed by atoms with Gasteiger partial charge in [-0.2, -0.15) is 5.10 Å². The van der Waals surface area contributed by atoms with E-state index in [0.717, 1.165) is 62.1 Å². The van der Waals surface area contributed by atoms with Crippen LogP contribution in [0.2, 0.25) is 0 Å². The molecule has 2 amide bonds. The van der Waals surface area contributed by atoms with Gasteiger partial charge in [-0.25, -0.2) is 9.78 Å². The highest BCUT2D eigenvalue weighted by Crippen LogP contribution is 2.44. The topological polar surface area (TPSA) is 111 Å². The summed E-state index contributed by atoms with van der Waals surface area (Å²) in [5.41, 5.74) is 9.98. The molecule has 2 atom stereocenters. The number of urea groups is 1. The number of ether oxygens (including phenoxy) is 1. The zero-order chi connectivity index (χ0) is 24.0. The molecule has 1 saturated carbocycles. The van der Waals surface area contributed by atoms with Crippen molar-refractivity contribution in [3.8, 4) is 17.0 Å². The summed E-state index contributed by atoms with van der Waals surface area (Å²) in [4.78, 5) is 23.3. The fourth-order valence-electron chi connectivity index (χ4n) is 5.45. The molecule has 6 rings (SSSR count). The van der Waals surface area contributed by atoms with Crippen molar-refractivity contribution in [3.63, 3.8) is 0 Å². The van der Waals surface area contributed by atoms with Gasteiger partial charge in [0.05, 0.1) is 5.69 Å². The number of carbonyl (C=O) groups excluding carboxylic acids is 1. The summed E-state index contributed by atoms with van der Waals surface area (Å²) in [6, 6.07) is 8.36. The van der Waals surface area contributed by atoms with Crippen molar-refractivity contribution in [2.24, 2.45) is 0 Å². The smallest absolute Gasteiger partial charge is 0.317 e. The van der Waals surface area contributed by atoms with Crippen LogP contribution in [0.3, 0.4) is 0 Å². The van der Waals surface area contributed by atoms with Crippen molar-refractivity contribution in [1.29, 1.82) is 0 Å². The van der Waals surface area contributed by atoms with Gasteiger partial charge < -0.3 is 20.7 Å². The number of nitrogens with zero attached hydrogens (tertiary/aromatic N) is 5. The van der Waals surface area contributed by atoms with E-state index < -0.39 is 0 Å². The summed E-state index contributed by atoms with van der Waals surface area (Å²) in [5, 5.41) is 8.07. The third kappa shape index (κ3) is 3.98. The maximum atomic E-state index is 12.7. The number of nitrogens with two attached hydrogens (primary N) is 1. The summed E-state index contributed by atoms with van der Waals surface area (Å²) < 4.78 is 8.23. The maximum Gasteiger partial charge on any atom is 0.317 e. The van der Waals surface area contributed by atoms with Gasteiger partial charge in [0.15, 0.2) is 11.6 Å². The van der Waals surface area contributed by atoms with Crippen LogP contribution in [-0.4, -0.2) is 49.8 Å². The molecular formula is C26H31N7O2. The molecule has 1 unspecified atom stereocenters. The van der Waals surface area contributed by atoms with Crippen LogP contribution in [0.25, 0.3) is 11.3 Å². The van der Waals surface area contributed by atoms with Crippen LogP contribution in [-0.2, 0) is 12.0 Å². The van der Waals surface area contributed by atoms with E-state index in [-0.39, 0.29) is 17.6 Å². The predicted molar refractivity (Wildman–Crippen MR) is 132 cm³/mol. The molecule has 3 aliphatic rings. The molecule has 5 heterocycles. The SMILES string of the molecule is C[C@@H](Oc1cc(-c2cc3n(n2)CCC32CCN(C(=O)NC3CCC3)C2)cnc1N)c1cccnc1. The fraction of sp³-hybridized carbons (Fsp3) is 0.462. The van der Waals surface area contributed by atoms with E-state index in [0.29, 0.717) is 17.6 Å². The summed E-state index contributed by atoms with van der Waals surface area (Å²) in [6.07, 6.45) is 10.4. The monoisotopic (exact) mass is 473 g/mol. The van der Waals surface area contributed by atoms with Gasteiger partial charge >= 0.3 is 6.03 Å². The van der Waals surface area contributed by atoms with Gasteiger partial charge in [-0.1, -0.05) is 6.07 Å². The van der Waals surface area contributed by atoms with Crippen molar-refractivity contribution < 1.29 is 9.53 Å². The van der Waals surface area contributed by atoms with Gasteiger partial charge in [-0.05, 0) is 57.2 Å². The first kappa shape index (κ1) is 21.9.